The summed E-state index contributed by atoms with van der Waals surface area (Å²) in [5.41, 5.74) is 2.20. The van der Waals surface area contributed by atoms with Crippen molar-refractivity contribution in [1.82, 2.24) is 4.90 Å². The minimum Gasteiger partial charge on any atom is -0.378 e. The van der Waals surface area contributed by atoms with E-state index in [2.05, 4.69) is 17.0 Å². The SMILES string of the molecule is CN(C)c1ccc(CC2CCN(C3CCCCC3)C2=O)c(Cl)c1. The summed E-state index contributed by atoms with van der Waals surface area (Å²) in [5.74, 6) is 0.462. The van der Waals surface area contributed by atoms with Crippen molar-refractivity contribution < 1.29 is 4.79 Å². The molecule has 1 saturated heterocycles. The zero-order valence-electron chi connectivity index (χ0n) is 14.2. The van der Waals surface area contributed by atoms with Crippen molar-refractivity contribution >= 4 is 23.2 Å². The smallest absolute Gasteiger partial charge is 0.226 e. The molecular weight excluding hydrogens is 308 g/mol. The van der Waals surface area contributed by atoms with E-state index >= 15 is 0 Å². The number of rotatable bonds is 4. The fraction of sp³-hybridized carbons (Fsp3) is 0.632. The van der Waals surface area contributed by atoms with Gasteiger partial charge in [-0.25, -0.2) is 0 Å². The number of likely N-dealkylation sites (tertiary alicyclic amines) is 1. The van der Waals surface area contributed by atoms with E-state index in [1.165, 1.54) is 32.1 Å². The lowest BCUT2D eigenvalue weighted by Crippen LogP contribution is -2.39. The molecular formula is C19H27ClN2O. The van der Waals surface area contributed by atoms with Gasteiger partial charge in [0.15, 0.2) is 0 Å². The Morgan fingerprint density at radius 1 is 1.17 bits per heavy atom. The van der Waals surface area contributed by atoms with Crippen LogP contribution in [0.25, 0.3) is 0 Å². The van der Waals surface area contributed by atoms with Gasteiger partial charge in [-0.1, -0.05) is 36.9 Å². The maximum atomic E-state index is 12.8. The molecule has 2 fully saturated rings. The number of hydrogen-bond acceptors (Lipinski definition) is 2. The highest BCUT2D eigenvalue weighted by Crippen LogP contribution is 2.32. The van der Waals surface area contributed by atoms with E-state index < -0.39 is 0 Å². The first kappa shape index (κ1) is 16.6. The minimum atomic E-state index is 0.111. The molecule has 1 aliphatic heterocycles. The molecule has 0 aromatic heterocycles. The van der Waals surface area contributed by atoms with Gasteiger partial charge in [-0.2, -0.15) is 0 Å². The molecule has 2 aliphatic rings. The van der Waals surface area contributed by atoms with Crippen LogP contribution in [-0.4, -0.2) is 37.5 Å². The Morgan fingerprint density at radius 3 is 2.57 bits per heavy atom. The number of benzene rings is 1. The van der Waals surface area contributed by atoms with Gasteiger partial charge in [-0.05, 0) is 43.4 Å². The van der Waals surface area contributed by atoms with Gasteiger partial charge in [0.1, 0.15) is 0 Å². The second kappa shape index (κ2) is 7.12. The predicted octanol–water partition coefficient (Wildman–Crippen LogP) is 4.13. The molecule has 0 bridgehead atoms. The maximum absolute atomic E-state index is 12.8. The number of amides is 1. The number of hydrogen-bond donors (Lipinski definition) is 0. The third-order valence-electron chi connectivity index (χ3n) is 5.39. The zero-order chi connectivity index (χ0) is 16.4. The van der Waals surface area contributed by atoms with Crippen LogP contribution in [0.1, 0.15) is 44.1 Å². The lowest BCUT2D eigenvalue weighted by Gasteiger charge is -2.31. The van der Waals surface area contributed by atoms with Crippen molar-refractivity contribution in [2.45, 2.75) is 51.0 Å². The van der Waals surface area contributed by atoms with Crippen LogP contribution in [0, 0.1) is 5.92 Å². The summed E-state index contributed by atoms with van der Waals surface area (Å²) in [4.78, 5) is 17.0. The van der Waals surface area contributed by atoms with Crippen molar-refractivity contribution in [2.75, 3.05) is 25.5 Å². The molecule has 23 heavy (non-hydrogen) atoms. The number of carbonyl (C=O) groups is 1. The number of halogens is 1. The van der Waals surface area contributed by atoms with E-state index in [-0.39, 0.29) is 5.92 Å². The van der Waals surface area contributed by atoms with Gasteiger partial charge in [0, 0.05) is 43.3 Å². The van der Waals surface area contributed by atoms with Gasteiger partial charge in [-0.3, -0.25) is 4.79 Å². The van der Waals surface area contributed by atoms with E-state index in [0.29, 0.717) is 11.9 Å². The Bertz CT molecular complexity index is 566. The Balaban J connectivity index is 1.66. The van der Waals surface area contributed by atoms with E-state index in [4.69, 9.17) is 11.6 Å². The fourth-order valence-corrected chi connectivity index (χ4v) is 4.21. The number of anilines is 1. The van der Waals surface area contributed by atoms with E-state index in [1.54, 1.807) is 0 Å². The summed E-state index contributed by atoms with van der Waals surface area (Å²) in [7, 11) is 4.02. The molecule has 1 unspecified atom stereocenters. The fourth-order valence-electron chi connectivity index (χ4n) is 3.95. The highest BCUT2D eigenvalue weighted by atomic mass is 35.5. The van der Waals surface area contributed by atoms with Gasteiger partial charge < -0.3 is 9.80 Å². The molecule has 3 nitrogen and oxygen atoms in total. The molecule has 0 spiro atoms. The third kappa shape index (κ3) is 3.65. The average molecular weight is 335 g/mol. The lowest BCUT2D eigenvalue weighted by atomic mass is 9.94. The maximum Gasteiger partial charge on any atom is 0.226 e. The van der Waals surface area contributed by atoms with Gasteiger partial charge in [0.2, 0.25) is 5.91 Å². The highest BCUT2D eigenvalue weighted by Gasteiger charge is 2.36. The monoisotopic (exact) mass is 334 g/mol. The standard InChI is InChI=1S/C19H27ClN2O/c1-21(2)17-9-8-14(18(20)13-17)12-15-10-11-22(19(15)23)16-6-4-3-5-7-16/h8-9,13,15-16H,3-7,10-12H2,1-2H3. The normalized spacial score (nSPS) is 22.7. The van der Waals surface area contributed by atoms with Crippen LogP contribution < -0.4 is 4.90 Å². The van der Waals surface area contributed by atoms with Crippen molar-refractivity contribution in [1.29, 1.82) is 0 Å². The minimum absolute atomic E-state index is 0.111. The topological polar surface area (TPSA) is 23.6 Å². The molecule has 3 rings (SSSR count). The molecule has 0 N–H and O–H groups in total. The Hall–Kier alpha value is -1.22. The molecule has 126 valence electrons. The summed E-state index contributed by atoms with van der Waals surface area (Å²) >= 11 is 6.43. The first-order chi connectivity index (χ1) is 11.1. The van der Waals surface area contributed by atoms with Crippen LogP contribution >= 0.6 is 11.6 Å². The highest BCUT2D eigenvalue weighted by molar-refractivity contribution is 6.31. The zero-order valence-corrected chi connectivity index (χ0v) is 15.0. The van der Waals surface area contributed by atoms with E-state index in [1.807, 2.05) is 25.1 Å². The van der Waals surface area contributed by atoms with E-state index in [0.717, 1.165) is 35.7 Å². The molecule has 1 heterocycles. The summed E-state index contributed by atoms with van der Waals surface area (Å²) < 4.78 is 0. The van der Waals surface area contributed by atoms with Gasteiger partial charge in [-0.15, -0.1) is 0 Å². The van der Waals surface area contributed by atoms with Crippen molar-refractivity contribution in [3.63, 3.8) is 0 Å². The third-order valence-corrected chi connectivity index (χ3v) is 5.74. The summed E-state index contributed by atoms with van der Waals surface area (Å²) in [5, 5.41) is 0.778. The van der Waals surface area contributed by atoms with Crippen molar-refractivity contribution in [3.05, 3.63) is 28.8 Å². The lowest BCUT2D eigenvalue weighted by molar-refractivity contribution is -0.133. The van der Waals surface area contributed by atoms with Gasteiger partial charge in [0.25, 0.3) is 0 Å². The molecule has 1 saturated carbocycles. The average Bonchev–Trinajstić information content (AvgIpc) is 2.91. The Kier molecular flexibility index (Phi) is 5.15. The van der Waals surface area contributed by atoms with Crippen molar-refractivity contribution in [2.24, 2.45) is 5.92 Å². The van der Waals surface area contributed by atoms with Gasteiger partial charge >= 0.3 is 0 Å². The molecule has 1 atom stereocenters. The molecule has 1 aromatic rings. The second-order valence-electron chi connectivity index (χ2n) is 7.18. The van der Waals surface area contributed by atoms with Crippen LogP contribution in [0.5, 0.6) is 0 Å². The van der Waals surface area contributed by atoms with E-state index in [9.17, 15) is 4.79 Å². The quantitative estimate of drug-likeness (QED) is 0.826. The van der Waals surface area contributed by atoms with Crippen LogP contribution in [0.2, 0.25) is 5.02 Å². The van der Waals surface area contributed by atoms with Crippen LogP contribution in [0.4, 0.5) is 5.69 Å². The van der Waals surface area contributed by atoms with Crippen LogP contribution in [0.3, 0.4) is 0 Å². The summed E-state index contributed by atoms with van der Waals surface area (Å²) in [6.45, 7) is 0.932. The largest absolute Gasteiger partial charge is 0.378 e. The molecule has 0 radical (unpaired) electrons. The number of carbonyl (C=O) groups excluding carboxylic acids is 1. The van der Waals surface area contributed by atoms with Crippen LogP contribution in [-0.2, 0) is 11.2 Å². The predicted molar refractivity (Wildman–Crippen MR) is 96.2 cm³/mol. The summed E-state index contributed by atoms with van der Waals surface area (Å²) in [6, 6.07) is 6.65. The second-order valence-corrected chi connectivity index (χ2v) is 7.59. The van der Waals surface area contributed by atoms with Crippen LogP contribution in [0.15, 0.2) is 18.2 Å². The number of nitrogens with zero attached hydrogens (tertiary/aromatic N) is 2. The first-order valence-corrected chi connectivity index (χ1v) is 9.20. The van der Waals surface area contributed by atoms with Crippen molar-refractivity contribution in [3.8, 4) is 0 Å². The molecule has 1 amide bonds. The molecule has 1 aromatic carbocycles. The molecule has 1 aliphatic carbocycles. The summed E-state index contributed by atoms with van der Waals surface area (Å²) in [6.07, 6.45) is 8.01. The Labute approximate surface area is 144 Å². The molecule has 4 heteroatoms. The first-order valence-electron chi connectivity index (χ1n) is 8.82. The van der Waals surface area contributed by atoms with Gasteiger partial charge in [0.05, 0.1) is 0 Å². The Morgan fingerprint density at radius 2 is 1.91 bits per heavy atom.